The molecule has 3 heteroatoms. The van der Waals surface area contributed by atoms with Crippen molar-refractivity contribution in [2.45, 2.75) is 45.7 Å². The van der Waals surface area contributed by atoms with Crippen molar-refractivity contribution in [2.75, 3.05) is 13.2 Å². The first kappa shape index (κ1) is 14.6. The van der Waals surface area contributed by atoms with Crippen LogP contribution >= 0.6 is 11.3 Å². The zero-order chi connectivity index (χ0) is 13.7. The Kier molecular flexibility index (Phi) is 5.45. The molecule has 1 aliphatic rings. The summed E-state index contributed by atoms with van der Waals surface area (Å²) < 4.78 is 0. The van der Waals surface area contributed by atoms with Crippen LogP contribution in [0.5, 0.6) is 0 Å². The minimum atomic E-state index is -0.0597. The quantitative estimate of drug-likeness (QED) is 0.808. The molecule has 2 rings (SSSR count). The van der Waals surface area contributed by atoms with Gasteiger partial charge in [0.2, 0.25) is 0 Å². The van der Waals surface area contributed by atoms with Crippen molar-refractivity contribution in [2.24, 2.45) is 5.92 Å². The van der Waals surface area contributed by atoms with E-state index in [0.717, 1.165) is 23.4 Å². The summed E-state index contributed by atoms with van der Waals surface area (Å²) in [6.07, 6.45) is 4.00. The molecule has 1 fully saturated rings. The maximum atomic E-state index is 8.71. The molecule has 0 spiro atoms. The Bertz CT molecular complexity index is 451. The molecular formula is C16H23NOS. The first-order chi connectivity index (χ1) is 9.19. The number of hydrogen-bond acceptors (Lipinski definition) is 3. The second kappa shape index (κ2) is 7.09. The van der Waals surface area contributed by atoms with E-state index < -0.39 is 0 Å². The second-order valence-electron chi connectivity index (χ2n) is 5.61. The lowest BCUT2D eigenvalue weighted by Crippen LogP contribution is -2.27. The van der Waals surface area contributed by atoms with E-state index in [1.54, 1.807) is 11.3 Å². The summed E-state index contributed by atoms with van der Waals surface area (Å²) in [5.74, 6) is 6.47. The van der Waals surface area contributed by atoms with Crippen molar-refractivity contribution >= 4 is 11.3 Å². The molecule has 0 bridgehead atoms. The van der Waals surface area contributed by atoms with E-state index in [4.69, 9.17) is 5.11 Å². The molecule has 1 aromatic heterocycles. The third-order valence-corrected chi connectivity index (χ3v) is 4.35. The average Bonchev–Trinajstić information content (AvgIpc) is 3.13. The second-order valence-corrected chi connectivity index (χ2v) is 6.78. The van der Waals surface area contributed by atoms with E-state index in [0.29, 0.717) is 0 Å². The Hall–Kier alpha value is -0.820. The molecular weight excluding hydrogens is 254 g/mol. The third-order valence-electron chi connectivity index (χ3n) is 3.37. The zero-order valence-corrected chi connectivity index (χ0v) is 12.7. The van der Waals surface area contributed by atoms with E-state index in [1.165, 1.54) is 30.7 Å². The lowest BCUT2D eigenvalue weighted by molar-refractivity contribution is 0.241. The van der Waals surface area contributed by atoms with Gasteiger partial charge in [-0.05, 0) is 43.9 Å². The summed E-state index contributed by atoms with van der Waals surface area (Å²) in [5.41, 5.74) is 0. The van der Waals surface area contributed by atoms with Gasteiger partial charge in [-0.25, -0.2) is 0 Å². The number of aliphatic hydroxyl groups excluding tert-OH is 1. The van der Waals surface area contributed by atoms with Crippen molar-refractivity contribution in [1.82, 2.24) is 4.90 Å². The van der Waals surface area contributed by atoms with E-state index in [2.05, 4.69) is 42.7 Å². The average molecular weight is 277 g/mol. The van der Waals surface area contributed by atoms with Crippen LogP contribution < -0.4 is 0 Å². The minimum Gasteiger partial charge on any atom is -0.384 e. The standard InChI is InChI=1S/C16H23NOS/c1-13(2)9-10-17(14-5-6-14)12-16-8-7-15(19-16)4-3-11-18/h7-8,13-14,18H,5-6,9-12H2,1-2H3. The highest BCUT2D eigenvalue weighted by molar-refractivity contribution is 7.12. The van der Waals surface area contributed by atoms with E-state index >= 15 is 0 Å². The van der Waals surface area contributed by atoms with Crippen molar-refractivity contribution in [1.29, 1.82) is 0 Å². The molecule has 1 heterocycles. The van der Waals surface area contributed by atoms with Crippen molar-refractivity contribution in [3.8, 4) is 11.8 Å². The number of nitrogens with zero attached hydrogens (tertiary/aromatic N) is 1. The molecule has 0 atom stereocenters. The molecule has 1 aliphatic carbocycles. The Morgan fingerprint density at radius 1 is 1.42 bits per heavy atom. The van der Waals surface area contributed by atoms with Gasteiger partial charge in [0.1, 0.15) is 6.61 Å². The number of rotatable bonds is 6. The summed E-state index contributed by atoms with van der Waals surface area (Å²) in [6, 6.07) is 5.06. The van der Waals surface area contributed by atoms with Gasteiger partial charge < -0.3 is 5.11 Å². The van der Waals surface area contributed by atoms with Crippen LogP contribution in [-0.2, 0) is 6.54 Å². The smallest absolute Gasteiger partial charge is 0.104 e. The molecule has 0 amide bonds. The summed E-state index contributed by atoms with van der Waals surface area (Å²) in [5, 5.41) is 8.71. The molecule has 0 saturated heterocycles. The fourth-order valence-electron chi connectivity index (χ4n) is 2.11. The van der Waals surface area contributed by atoms with Gasteiger partial charge in [0.25, 0.3) is 0 Å². The molecule has 104 valence electrons. The Labute approximate surface area is 120 Å². The van der Waals surface area contributed by atoms with Crippen LogP contribution in [0.4, 0.5) is 0 Å². The molecule has 1 saturated carbocycles. The number of aliphatic hydroxyl groups is 1. The SMILES string of the molecule is CC(C)CCN(Cc1ccc(C#CCO)s1)C1CC1. The van der Waals surface area contributed by atoms with Crippen molar-refractivity contribution < 1.29 is 5.11 Å². The highest BCUT2D eigenvalue weighted by atomic mass is 32.1. The molecule has 1 aromatic rings. The zero-order valence-electron chi connectivity index (χ0n) is 11.9. The van der Waals surface area contributed by atoms with Crippen molar-refractivity contribution in [3.05, 3.63) is 21.9 Å². The third kappa shape index (κ3) is 4.99. The van der Waals surface area contributed by atoms with E-state index in [-0.39, 0.29) is 6.61 Å². The summed E-state index contributed by atoms with van der Waals surface area (Å²) in [7, 11) is 0. The molecule has 0 aromatic carbocycles. The van der Waals surface area contributed by atoms with Crippen LogP contribution in [0.3, 0.4) is 0 Å². The Balaban J connectivity index is 1.91. The van der Waals surface area contributed by atoms with Gasteiger partial charge in [-0.15, -0.1) is 11.3 Å². The largest absolute Gasteiger partial charge is 0.384 e. The van der Waals surface area contributed by atoms with E-state index in [1.807, 2.05) is 0 Å². The molecule has 1 N–H and O–H groups in total. The number of thiophene rings is 1. The van der Waals surface area contributed by atoms with Crippen LogP contribution in [0.1, 0.15) is 42.9 Å². The van der Waals surface area contributed by atoms with Crippen LogP contribution in [0.25, 0.3) is 0 Å². The Morgan fingerprint density at radius 3 is 2.84 bits per heavy atom. The fraction of sp³-hybridized carbons (Fsp3) is 0.625. The maximum absolute atomic E-state index is 8.71. The van der Waals surface area contributed by atoms with Crippen LogP contribution in [-0.4, -0.2) is 29.2 Å². The number of hydrogen-bond donors (Lipinski definition) is 1. The highest BCUT2D eigenvalue weighted by Crippen LogP contribution is 2.30. The molecule has 0 unspecified atom stereocenters. The fourth-order valence-corrected chi connectivity index (χ4v) is 3.02. The lowest BCUT2D eigenvalue weighted by Gasteiger charge is -2.22. The molecule has 19 heavy (non-hydrogen) atoms. The lowest BCUT2D eigenvalue weighted by atomic mass is 10.1. The first-order valence-electron chi connectivity index (χ1n) is 7.11. The van der Waals surface area contributed by atoms with Crippen molar-refractivity contribution in [3.63, 3.8) is 0 Å². The Morgan fingerprint density at radius 2 is 2.21 bits per heavy atom. The highest BCUT2D eigenvalue weighted by Gasteiger charge is 2.28. The van der Waals surface area contributed by atoms with Crippen LogP contribution in [0.15, 0.2) is 12.1 Å². The van der Waals surface area contributed by atoms with Gasteiger partial charge in [-0.2, -0.15) is 0 Å². The van der Waals surface area contributed by atoms with Crippen LogP contribution in [0.2, 0.25) is 0 Å². The van der Waals surface area contributed by atoms with Gasteiger partial charge in [0.05, 0.1) is 4.88 Å². The van der Waals surface area contributed by atoms with Gasteiger partial charge >= 0.3 is 0 Å². The monoisotopic (exact) mass is 277 g/mol. The van der Waals surface area contributed by atoms with E-state index in [9.17, 15) is 0 Å². The normalized spacial score (nSPS) is 14.8. The minimum absolute atomic E-state index is 0.0597. The van der Waals surface area contributed by atoms with Gasteiger partial charge in [-0.3, -0.25) is 4.90 Å². The topological polar surface area (TPSA) is 23.5 Å². The summed E-state index contributed by atoms with van der Waals surface area (Å²) in [6.45, 7) is 6.79. The first-order valence-corrected chi connectivity index (χ1v) is 7.93. The molecule has 2 nitrogen and oxygen atoms in total. The maximum Gasteiger partial charge on any atom is 0.104 e. The van der Waals surface area contributed by atoms with Crippen LogP contribution in [0, 0.1) is 17.8 Å². The van der Waals surface area contributed by atoms with Gasteiger partial charge in [0.15, 0.2) is 0 Å². The predicted molar refractivity (Wildman–Crippen MR) is 81.2 cm³/mol. The van der Waals surface area contributed by atoms with Gasteiger partial charge in [0, 0.05) is 17.5 Å². The summed E-state index contributed by atoms with van der Waals surface area (Å²) >= 11 is 1.75. The van der Waals surface area contributed by atoms with Gasteiger partial charge in [-0.1, -0.05) is 25.7 Å². The summed E-state index contributed by atoms with van der Waals surface area (Å²) in [4.78, 5) is 5.07. The molecule has 0 aliphatic heterocycles. The predicted octanol–water partition coefficient (Wildman–Crippen LogP) is 3.10. The molecule has 0 radical (unpaired) electrons.